The summed E-state index contributed by atoms with van der Waals surface area (Å²) in [7, 11) is 0. The maximum atomic E-state index is 11.9. The Balaban J connectivity index is 1.88. The van der Waals surface area contributed by atoms with Gasteiger partial charge in [-0.15, -0.1) is 0 Å². The molecule has 0 saturated heterocycles. The summed E-state index contributed by atoms with van der Waals surface area (Å²) in [5, 5.41) is 11.6. The van der Waals surface area contributed by atoms with E-state index in [0.29, 0.717) is 33.4 Å². The van der Waals surface area contributed by atoms with Gasteiger partial charge in [0.15, 0.2) is 0 Å². The third-order valence-corrected chi connectivity index (χ3v) is 3.80. The van der Waals surface area contributed by atoms with Crippen LogP contribution in [0.3, 0.4) is 0 Å². The number of carbonyl (C=O) groups excluding carboxylic acids is 1. The van der Waals surface area contributed by atoms with Crippen molar-refractivity contribution in [2.75, 3.05) is 5.32 Å². The molecule has 0 radical (unpaired) electrons. The Labute approximate surface area is 139 Å². The van der Waals surface area contributed by atoms with E-state index in [1.165, 1.54) is 0 Å². The summed E-state index contributed by atoms with van der Waals surface area (Å²) in [5.41, 5.74) is 2.55. The van der Waals surface area contributed by atoms with E-state index in [1.54, 1.807) is 30.5 Å². The Morgan fingerprint density at radius 2 is 1.95 bits per heavy atom. The first-order valence-corrected chi connectivity index (χ1v) is 7.46. The number of nitrogens with one attached hydrogen (secondary N) is 2. The lowest BCUT2D eigenvalue weighted by atomic mass is 10.1. The number of pyridine rings is 1. The molecule has 2 N–H and O–H groups in total. The molecule has 0 saturated carbocycles. The van der Waals surface area contributed by atoms with Crippen LogP contribution >= 0.6 is 23.2 Å². The van der Waals surface area contributed by atoms with E-state index in [2.05, 4.69) is 10.3 Å². The number of nitrogens with zero attached hydrogens (tertiary/aromatic N) is 1. The summed E-state index contributed by atoms with van der Waals surface area (Å²) >= 11 is 11.8. The van der Waals surface area contributed by atoms with Crippen molar-refractivity contribution >= 4 is 40.5 Å². The van der Waals surface area contributed by atoms with Gasteiger partial charge in [0.05, 0.1) is 21.9 Å². The Kier molecular flexibility index (Phi) is 5.52. The van der Waals surface area contributed by atoms with Gasteiger partial charge in [0, 0.05) is 17.8 Å². The summed E-state index contributed by atoms with van der Waals surface area (Å²) in [6, 6.07) is 8.62. The number of aryl methyl sites for hydroxylation is 1. The minimum Gasteiger partial charge on any atom is -0.325 e. The van der Waals surface area contributed by atoms with Crippen molar-refractivity contribution in [1.82, 2.24) is 4.98 Å². The van der Waals surface area contributed by atoms with E-state index in [1.807, 2.05) is 13.0 Å². The van der Waals surface area contributed by atoms with Gasteiger partial charge < -0.3 is 10.7 Å². The fourth-order valence-electron chi connectivity index (χ4n) is 1.83. The molecule has 1 heterocycles. The van der Waals surface area contributed by atoms with E-state index >= 15 is 0 Å². The van der Waals surface area contributed by atoms with Crippen LogP contribution in [0.2, 0.25) is 10.0 Å². The van der Waals surface area contributed by atoms with Crippen LogP contribution < -0.4 is 5.32 Å². The molecule has 2 rings (SSSR count). The van der Waals surface area contributed by atoms with Gasteiger partial charge in [-0.2, -0.15) is 0 Å². The van der Waals surface area contributed by atoms with Gasteiger partial charge in [0.25, 0.3) is 0 Å². The number of benzene rings is 1. The Morgan fingerprint density at radius 3 is 2.59 bits per heavy atom. The number of rotatable bonds is 5. The number of aromatic nitrogens is 1. The van der Waals surface area contributed by atoms with Gasteiger partial charge in [0.1, 0.15) is 0 Å². The van der Waals surface area contributed by atoms with Crippen LogP contribution in [-0.4, -0.2) is 16.6 Å². The second-order valence-corrected chi connectivity index (χ2v) is 5.66. The molecule has 0 bridgehead atoms. The maximum absolute atomic E-state index is 11.9. The Hall–Kier alpha value is -1.91. The molecule has 0 aliphatic rings. The second kappa shape index (κ2) is 7.38. The highest BCUT2D eigenvalue weighted by Crippen LogP contribution is 2.23. The molecule has 0 atom stereocenters. The lowest BCUT2D eigenvalue weighted by Crippen LogP contribution is -2.13. The molecule has 1 amide bonds. The number of amides is 1. The lowest BCUT2D eigenvalue weighted by molar-refractivity contribution is -0.116. The van der Waals surface area contributed by atoms with Crippen molar-refractivity contribution in [3.8, 4) is 0 Å². The first-order chi connectivity index (χ1) is 10.5. The van der Waals surface area contributed by atoms with E-state index in [9.17, 15) is 4.79 Å². The van der Waals surface area contributed by atoms with Crippen LogP contribution in [0, 0.1) is 12.3 Å². The molecule has 1 aromatic heterocycles. The number of anilines is 1. The monoisotopic (exact) mass is 335 g/mol. The topological polar surface area (TPSA) is 65.8 Å². The molecular weight excluding hydrogens is 321 g/mol. The smallest absolute Gasteiger partial charge is 0.224 e. The highest BCUT2D eigenvalue weighted by atomic mass is 35.5. The van der Waals surface area contributed by atoms with Crippen LogP contribution in [0.4, 0.5) is 5.69 Å². The Morgan fingerprint density at radius 1 is 1.18 bits per heavy atom. The highest BCUT2D eigenvalue weighted by molar-refractivity contribution is 6.42. The predicted octanol–water partition coefficient (Wildman–Crippen LogP) is 4.48. The highest BCUT2D eigenvalue weighted by Gasteiger charge is 2.08. The maximum Gasteiger partial charge on any atom is 0.224 e. The van der Waals surface area contributed by atoms with Crippen molar-refractivity contribution in [1.29, 1.82) is 5.41 Å². The first-order valence-electron chi connectivity index (χ1n) is 6.71. The summed E-state index contributed by atoms with van der Waals surface area (Å²) in [6.07, 6.45) is 2.15. The average molecular weight is 336 g/mol. The molecule has 0 spiro atoms. The third-order valence-electron chi connectivity index (χ3n) is 3.07. The quantitative estimate of drug-likeness (QED) is 0.791. The third kappa shape index (κ3) is 4.55. The van der Waals surface area contributed by atoms with Crippen molar-refractivity contribution in [2.24, 2.45) is 0 Å². The summed E-state index contributed by atoms with van der Waals surface area (Å²) < 4.78 is 0. The van der Waals surface area contributed by atoms with E-state index in [0.717, 1.165) is 5.69 Å². The van der Waals surface area contributed by atoms with Crippen molar-refractivity contribution in [3.63, 3.8) is 0 Å². The average Bonchev–Trinajstić information content (AvgIpc) is 2.50. The van der Waals surface area contributed by atoms with Crippen LogP contribution in [-0.2, 0) is 4.79 Å². The molecule has 0 aliphatic heterocycles. The van der Waals surface area contributed by atoms with E-state index in [4.69, 9.17) is 28.6 Å². The van der Waals surface area contributed by atoms with E-state index in [-0.39, 0.29) is 12.3 Å². The number of hydrogen-bond donors (Lipinski definition) is 2. The molecule has 2 aromatic rings. The number of halogens is 2. The van der Waals surface area contributed by atoms with Crippen LogP contribution in [0.1, 0.15) is 24.1 Å². The van der Waals surface area contributed by atoms with Gasteiger partial charge in [0.2, 0.25) is 5.91 Å². The van der Waals surface area contributed by atoms with E-state index < -0.39 is 0 Å². The van der Waals surface area contributed by atoms with Crippen molar-refractivity contribution in [2.45, 2.75) is 19.8 Å². The minimum absolute atomic E-state index is 0.157. The fourth-order valence-corrected chi connectivity index (χ4v) is 2.13. The van der Waals surface area contributed by atoms with Crippen LogP contribution in [0.15, 0.2) is 36.5 Å². The summed E-state index contributed by atoms with van der Waals surface area (Å²) in [4.78, 5) is 16.0. The standard InChI is InChI=1S/C16H15Cl2N3O/c1-10-2-4-12(9-20-10)21-16(22)7-6-15(19)11-3-5-13(17)14(18)8-11/h2-5,8-9,19H,6-7H2,1H3,(H,21,22). The molecule has 0 fully saturated rings. The molecule has 4 nitrogen and oxygen atoms in total. The number of carbonyl (C=O) groups is 1. The van der Waals surface area contributed by atoms with Gasteiger partial charge in [-0.25, -0.2) is 0 Å². The molecule has 1 aromatic carbocycles. The normalized spacial score (nSPS) is 10.3. The van der Waals surface area contributed by atoms with Gasteiger partial charge in [-0.1, -0.05) is 29.3 Å². The fraction of sp³-hybridized carbons (Fsp3) is 0.188. The zero-order valence-corrected chi connectivity index (χ0v) is 13.5. The van der Waals surface area contributed by atoms with Crippen LogP contribution in [0.25, 0.3) is 0 Å². The van der Waals surface area contributed by atoms with Crippen LogP contribution in [0.5, 0.6) is 0 Å². The van der Waals surface area contributed by atoms with Crippen molar-refractivity contribution < 1.29 is 4.79 Å². The van der Waals surface area contributed by atoms with Gasteiger partial charge in [-0.05, 0) is 43.2 Å². The zero-order valence-electron chi connectivity index (χ0n) is 12.0. The molecular formula is C16H15Cl2N3O. The summed E-state index contributed by atoms with van der Waals surface area (Å²) in [5.74, 6) is -0.157. The largest absolute Gasteiger partial charge is 0.325 e. The summed E-state index contributed by atoms with van der Waals surface area (Å²) in [6.45, 7) is 1.88. The minimum atomic E-state index is -0.157. The Bertz CT molecular complexity index is 699. The van der Waals surface area contributed by atoms with Gasteiger partial charge in [-0.3, -0.25) is 9.78 Å². The SMILES string of the molecule is Cc1ccc(NC(=O)CCC(=N)c2ccc(Cl)c(Cl)c2)cn1. The molecule has 22 heavy (non-hydrogen) atoms. The molecule has 6 heteroatoms. The van der Waals surface area contributed by atoms with Crippen molar-refractivity contribution in [3.05, 3.63) is 57.8 Å². The first kappa shape index (κ1) is 16.5. The molecule has 0 unspecified atom stereocenters. The predicted molar refractivity (Wildman–Crippen MR) is 90.1 cm³/mol. The molecule has 0 aliphatic carbocycles. The second-order valence-electron chi connectivity index (χ2n) is 4.84. The molecule has 114 valence electrons. The van der Waals surface area contributed by atoms with Gasteiger partial charge >= 0.3 is 0 Å². The zero-order chi connectivity index (χ0) is 16.1. The lowest BCUT2D eigenvalue weighted by Gasteiger charge is -2.07. The number of hydrogen-bond acceptors (Lipinski definition) is 3.